The van der Waals surface area contributed by atoms with E-state index in [-0.39, 0.29) is 11.5 Å². The number of pyridine rings is 3. The zero-order valence-corrected chi connectivity index (χ0v) is 31.9. The molecule has 258 valence electrons. The number of nitrogens with zero attached hydrogens (tertiary/aromatic N) is 2. The van der Waals surface area contributed by atoms with Crippen molar-refractivity contribution in [2.45, 2.75) is 84.1 Å². The Balaban J connectivity index is 1.36. The fraction of sp³-hybridized carbons (Fsp3) is 0.265. The minimum absolute atomic E-state index is 0.137. The molecule has 2 unspecified atom stereocenters. The molecule has 0 bridgehead atoms. The highest BCUT2D eigenvalue weighted by Crippen LogP contribution is 2.50. The van der Waals surface area contributed by atoms with Gasteiger partial charge < -0.3 is 0 Å². The van der Waals surface area contributed by atoms with E-state index < -0.39 is 0 Å². The molecule has 4 aromatic heterocycles. The average molecular weight is 697 g/mol. The van der Waals surface area contributed by atoms with E-state index in [2.05, 4.69) is 171 Å². The number of aromatic nitrogens is 2. The summed E-state index contributed by atoms with van der Waals surface area (Å²) in [5.41, 5.74) is 12.0. The van der Waals surface area contributed by atoms with E-state index in [0.717, 1.165) is 12.8 Å². The Kier molecular flexibility index (Phi) is 8.23. The molecule has 2 atom stereocenters. The van der Waals surface area contributed by atoms with Gasteiger partial charge in [-0.05, 0) is 71.2 Å². The number of hydrogen-bond acceptors (Lipinski definition) is 1. The lowest BCUT2D eigenvalue weighted by Gasteiger charge is -2.39. The zero-order valence-electron chi connectivity index (χ0n) is 31.1. The van der Waals surface area contributed by atoms with Gasteiger partial charge in [-0.2, -0.15) is 8.97 Å². The molecule has 0 radical (unpaired) electrons. The lowest BCUT2D eigenvalue weighted by Crippen LogP contribution is -2.63. The van der Waals surface area contributed by atoms with Crippen LogP contribution in [0.1, 0.15) is 94.0 Å². The largest absolute Gasteiger partial charge is 0.219 e. The molecule has 0 saturated carbocycles. The topological polar surface area (TPSA) is 7.98 Å². The first-order valence-corrected chi connectivity index (χ1v) is 20.2. The second kappa shape index (κ2) is 13.0. The number of unbranched alkanes of at least 4 members (excludes halogenated alkanes) is 1. The molecule has 0 aliphatic carbocycles. The van der Waals surface area contributed by atoms with E-state index in [9.17, 15) is 0 Å². The molecule has 9 rings (SSSR count). The summed E-state index contributed by atoms with van der Waals surface area (Å²) in [6, 6.07) is 44.0. The molecule has 2 nitrogen and oxygen atoms in total. The maximum atomic E-state index is 2.72. The van der Waals surface area contributed by atoms with Gasteiger partial charge in [0.1, 0.15) is 5.92 Å². The van der Waals surface area contributed by atoms with E-state index in [1.165, 1.54) is 100 Å². The van der Waals surface area contributed by atoms with Crippen molar-refractivity contribution in [2.75, 3.05) is 0 Å². The number of hydrogen-bond donors (Lipinski definition) is 0. The van der Waals surface area contributed by atoms with Gasteiger partial charge in [-0.1, -0.05) is 107 Å². The summed E-state index contributed by atoms with van der Waals surface area (Å²) < 4.78 is 7.95. The second-order valence-electron chi connectivity index (χ2n) is 15.2. The Morgan fingerprint density at radius 1 is 0.731 bits per heavy atom. The van der Waals surface area contributed by atoms with Crippen LogP contribution >= 0.6 is 11.3 Å². The van der Waals surface area contributed by atoms with E-state index in [0.29, 0.717) is 5.92 Å². The number of benzene rings is 4. The number of thiophene rings is 1. The van der Waals surface area contributed by atoms with E-state index in [4.69, 9.17) is 0 Å². The molecule has 52 heavy (non-hydrogen) atoms. The first-order chi connectivity index (χ1) is 25.5. The standard InChI is InChI=1S/C49H48N2S/c1-6-9-17-33(5)39-29-44-36-20-13-14-22-38(36)48(49(7-2,8-3)51(44)31-42(39)34-18-11-10-12-19-34)45-28-35-27-41-37-21-15-16-23-46(37)52-47(41)30-40(35)43-26-32(4)24-25-50(43)45/h10-16,18-31,33,48H,6-9,17H2,1-5H3/q+2. The molecule has 8 aromatic rings. The Morgan fingerprint density at radius 3 is 2.31 bits per heavy atom. The summed E-state index contributed by atoms with van der Waals surface area (Å²) in [6.07, 6.45) is 10.6. The van der Waals surface area contributed by atoms with Crippen molar-refractivity contribution < 1.29 is 8.97 Å². The highest BCUT2D eigenvalue weighted by molar-refractivity contribution is 7.25. The van der Waals surface area contributed by atoms with Crippen LogP contribution in [0.3, 0.4) is 0 Å². The van der Waals surface area contributed by atoms with Gasteiger partial charge >= 0.3 is 0 Å². The Hall–Kier alpha value is -4.86. The number of fused-ring (bicyclic) bond motifs is 9. The van der Waals surface area contributed by atoms with Crippen molar-refractivity contribution in [2.24, 2.45) is 0 Å². The molecule has 1 aliphatic rings. The molecule has 0 saturated heterocycles. The Bertz CT molecular complexity index is 2630. The van der Waals surface area contributed by atoms with Crippen molar-refractivity contribution >= 4 is 47.8 Å². The molecule has 0 fully saturated rings. The van der Waals surface area contributed by atoms with Gasteiger partial charge in [-0.25, -0.2) is 0 Å². The zero-order chi connectivity index (χ0) is 35.6. The van der Waals surface area contributed by atoms with Crippen LogP contribution in [0, 0.1) is 6.92 Å². The summed E-state index contributed by atoms with van der Waals surface area (Å²) in [5, 5.41) is 5.34. The molecular formula is C49H48N2S+2. The van der Waals surface area contributed by atoms with Gasteiger partial charge in [0, 0.05) is 62.8 Å². The second-order valence-corrected chi connectivity index (χ2v) is 16.3. The summed E-state index contributed by atoms with van der Waals surface area (Å²) in [4.78, 5) is 0. The third-order valence-electron chi connectivity index (χ3n) is 12.3. The van der Waals surface area contributed by atoms with E-state index in [1.54, 1.807) is 0 Å². The predicted molar refractivity (Wildman–Crippen MR) is 221 cm³/mol. The van der Waals surface area contributed by atoms with Crippen LogP contribution in [0.15, 0.2) is 128 Å². The van der Waals surface area contributed by atoms with Crippen LogP contribution in [0.25, 0.3) is 58.8 Å². The van der Waals surface area contributed by atoms with Crippen LogP contribution in [-0.2, 0) is 5.54 Å². The summed E-state index contributed by atoms with van der Waals surface area (Å²) >= 11 is 1.91. The van der Waals surface area contributed by atoms with E-state index >= 15 is 0 Å². The van der Waals surface area contributed by atoms with Crippen LogP contribution < -0.4 is 8.97 Å². The smallest absolute Gasteiger partial charge is 0.191 e. The van der Waals surface area contributed by atoms with Gasteiger partial charge in [0.15, 0.2) is 17.9 Å². The molecule has 5 heterocycles. The van der Waals surface area contributed by atoms with Gasteiger partial charge in [0.2, 0.25) is 16.9 Å². The predicted octanol–water partition coefficient (Wildman–Crippen LogP) is 12.8. The highest BCUT2D eigenvalue weighted by Gasteiger charge is 2.55. The minimum atomic E-state index is -0.184. The molecular weight excluding hydrogens is 649 g/mol. The molecule has 0 amide bonds. The lowest BCUT2D eigenvalue weighted by atomic mass is 9.68. The molecule has 4 aromatic carbocycles. The summed E-state index contributed by atoms with van der Waals surface area (Å²) in [7, 11) is 0. The van der Waals surface area contributed by atoms with Crippen LogP contribution in [-0.4, -0.2) is 0 Å². The lowest BCUT2D eigenvalue weighted by molar-refractivity contribution is -0.763. The van der Waals surface area contributed by atoms with Gasteiger partial charge in [0.05, 0.1) is 10.9 Å². The molecule has 0 N–H and O–H groups in total. The minimum Gasteiger partial charge on any atom is -0.191 e. The quantitative estimate of drug-likeness (QED) is 0.110. The molecule has 3 heteroatoms. The van der Waals surface area contributed by atoms with Gasteiger partial charge in [0.25, 0.3) is 0 Å². The van der Waals surface area contributed by atoms with Crippen molar-refractivity contribution in [3.05, 3.63) is 150 Å². The van der Waals surface area contributed by atoms with Crippen molar-refractivity contribution in [1.29, 1.82) is 0 Å². The van der Waals surface area contributed by atoms with E-state index in [1.807, 2.05) is 11.3 Å². The summed E-state index contributed by atoms with van der Waals surface area (Å²) in [5.74, 6) is 0.606. The fourth-order valence-electron chi connectivity index (χ4n) is 9.54. The SMILES string of the molecule is CCCCC(C)c1cc2[n+](cc1-c1ccccc1)C(CC)(CC)C(c1cc3cc4c(cc3c3cc(C)cc[n+]13)sc1ccccc14)c1ccccc1-2. The van der Waals surface area contributed by atoms with Crippen molar-refractivity contribution in [3.8, 4) is 22.4 Å². The third kappa shape index (κ3) is 5.04. The molecule has 0 spiro atoms. The van der Waals surface area contributed by atoms with Crippen LogP contribution in [0.2, 0.25) is 0 Å². The normalized spacial score (nSPS) is 15.7. The average Bonchev–Trinajstić information content (AvgIpc) is 3.55. The first kappa shape index (κ1) is 33.0. The van der Waals surface area contributed by atoms with Crippen LogP contribution in [0.5, 0.6) is 0 Å². The van der Waals surface area contributed by atoms with Gasteiger partial charge in [-0.3, -0.25) is 0 Å². The maximum Gasteiger partial charge on any atom is 0.219 e. The first-order valence-electron chi connectivity index (χ1n) is 19.4. The monoisotopic (exact) mass is 696 g/mol. The number of aryl methyl sites for hydroxylation is 1. The van der Waals surface area contributed by atoms with Crippen LogP contribution in [0.4, 0.5) is 0 Å². The molecule has 1 aliphatic heterocycles. The van der Waals surface area contributed by atoms with Gasteiger partial charge in [-0.15, -0.1) is 11.3 Å². The third-order valence-corrected chi connectivity index (χ3v) is 13.5. The highest BCUT2D eigenvalue weighted by atomic mass is 32.1. The number of rotatable bonds is 8. The van der Waals surface area contributed by atoms with Crippen molar-refractivity contribution in [3.63, 3.8) is 0 Å². The Labute approximate surface area is 312 Å². The Morgan fingerprint density at radius 2 is 1.50 bits per heavy atom. The maximum absolute atomic E-state index is 2.72. The summed E-state index contributed by atoms with van der Waals surface area (Å²) in [6.45, 7) is 11.8. The fourth-order valence-corrected chi connectivity index (χ4v) is 10.7. The van der Waals surface area contributed by atoms with Crippen molar-refractivity contribution in [1.82, 2.24) is 0 Å².